The zero-order valence-corrected chi connectivity index (χ0v) is 13.0. The quantitative estimate of drug-likeness (QED) is 0.381. The summed E-state index contributed by atoms with van der Waals surface area (Å²) in [6.07, 6.45) is 0. The number of nitrogens with zero attached hydrogens (tertiary/aromatic N) is 1. The Morgan fingerprint density at radius 2 is 1.25 bits per heavy atom. The maximum atomic E-state index is 9.16. The van der Waals surface area contributed by atoms with Gasteiger partial charge in [0.25, 0.3) is 0 Å². The third-order valence-corrected chi connectivity index (χ3v) is 3.81. The van der Waals surface area contributed by atoms with Gasteiger partial charge in [-0.05, 0) is 6.07 Å². The second kappa shape index (κ2) is 8.24. The van der Waals surface area contributed by atoms with Crippen molar-refractivity contribution in [1.82, 2.24) is 0 Å². The first-order chi connectivity index (χ1) is 9.48. The Labute approximate surface area is 132 Å². The average Bonchev–Trinajstić information content (AvgIpc) is 2.37. The second-order valence-corrected chi connectivity index (χ2v) is 5.41. The monoisotopic (exact) mass is 344 g/mol. The standard InChI is InChI=1S/C12H17Cl3NO4/c13-9-7-11(15)12(8-10(9)14)20-16(1-4-17,2-5-18)3-6-19/h7-8,17-19H,1-6H2/q+1. The molecule has 1 rings (SSSR count). The summed E-state index contributed by atoms with van der Waals surface area (Å²) in [5, 5.41) is 28.3. The average molecular weight is 346 g/mol. The first kappa shape index (κ1) is 17.8. The maximum absolute atomic E-state index is 9.16. The number of rotatable bonds is 8. The minimum Gasteiger partial charge on any atom is -0.390 e. The number of aliphatic hydroxyl groups excluding tert-OH is 3. The molecule has 1 aromatic rings. The van der Waals surface area contributed by atoms with Gasteiger partial charge in [-0.25, -0.2) is 0 Å². The van der Waals surface area contributed by atoms with Crippen molar-refractivity contribution in [2.75, 3.05) is 39.5 Å². The number of aliphatic hydroxyl groups is 3. The van der Waals surface area contributed by atoms with Gasteiger partial charge in [-0.15, -0.1) is 4.65 Å². The molecule has 0 atom stereocenters. The van der Waals surface area contributed by atoms with E-state index in [-0.39, 0.29) is 59.9 Å². The topological polar surface area (TPSA) is 69.9 Å². The normalized spacial score (nSPS) is 11.7. The third-order valence-electron chi connectivity index (χ3n) is 2.79. The molecule has 5 nitrogen and oxygen atoms in total. The van der Waals surface area contributed by atoms with Crippen LogP contribution in [0.2, 0.25) is 15.1 Å². The Bertz CT molecular complexity index is 428. The van der Waals surface area contributed by atoms with E-state index >= 15 is 0 Å². The van der Waals surface area contributed by atoms with E-state index in [1.807, 2.05) is 0 Å². The van der Waals surface area contributed by atoms with Gasteiger partial charge in [-0.2, -0.15) is 0 Å². The van der Waals surface area contributed by atoms with Gasteiger partial charge in [0.1, 0.15) is 19.6 Å². The highest BCUT2D eigenvalue weighted by molar-refractivity contribution is 6.43. The lowest BCUT2D eigenvalue weighted by Gasteiger charge is -2.34. The predicted octanol–water partition coefficient (Wildman–Crippen LogP) is 1.73. The van der Waals surface area contributed by atoms with Crippen molar-refractivity contribution in [1.29, 1.82) is 0 Å². The second-order valence-electron chi connectivity index (χ2n) is 4.19. The van der Waals surface area contributed by atoms with Gasteiger partial charge < -0.3 is 20.2 Å². The highest BCUT2D eigenvalue weighted by atomic mass is 35.5. The zero-order valence-electron chi connectivity index (χ0n) is 10.7. The molecule has 114 valence electrons. The van der Waals surface area contributed by atoms with E-state index in [9.17, 15) is 0 Å². The lowest BCUT2D eigenvalue weighted by molar-refractivity contribution is -1.08. The van der Waals surface area contributed by atoms with E-state index in [4.69, 9.17) is 55.0 Å². The maximum Gasteiger partial charge on any atom is 0.210 e. The summed E-state index contributed by atoms with van der Waals surface area (Å²) in [6.45, 7) is 0.0733. The van der Waals surface area contributed by atoms with Crippen molar-refractivity contribution in [3.8, 4) is 5.75 Å². The van der Waals surface area contributed by atoms with Crippen molar-refractivity contribution in [2.24, 2.45) is 0 Å². The van der Waals surface area contributed by atoms with Gasteiger partial charge in [0.05, 0.1) is 34.9 Å². The van der Waals surface area contributed by atoms with E-state index in [1.165, 1.54) is 12.1 Å². The largest absolute Gasteiger partial charge is 0.390 e. The molecule has 0 saturated carbocycles. The number of quaternary nitrogens is 1. The molecule has 0 saturated heterocycles. The Kier molecular flexibility index (Phi) is 7.33. The molecule has 3 N–H and O–H groups in total. The molecule has 0 heterocycles. The number of hydrogen-bond acceptors (Lipinski definition) is 4. The summed E-state index contributed by atoms with van der Waals surface area (Å²) in [5.41, 5.74) is 0. The molecule has 0 unspecified atom stereocenters. The Morgan fingerprint density at radius 3 is 1.70 bits per heavy atom. The van der Waals surface area contributed by atoms with E-state index in [0.717, 1.165) is 0 Å². The molecule has 1 aromatic carbocycles. The van der Waals surface area contributed by atoms with Crippen LogP contribution in [-0.4, -0.2) is 59.4 Å². The number of halogens is 3. The predicted molar refractivity (Wildman–Crippen MR) is 78.2 cm³/mol. The molecule has 0 fully saturated rings. The Hall–Kier alpha value is -0.270. The molecular weight excluding hydrogens is 328 g/mol. The highest BCUT2D eigenvalue weighted by Crippen LogP contribution is 2.35. The summed E-state index contributed by atoms with van der Waals surface area (Å²) >= 11 is 17.8. The highest BCUT2D eigenvalue weighted by Gasteiger charge is 2.31. The summed E-state index contributed by atoms with van der Waals surface area (Å²) in [6, 6.07) is 2.91. The van der Waals surface area contributed by atoms with E-state index in [0.29, 0.717) is 5.02 Å². The molecular formula is C12H17Cl3NO4+. The lowest BCUT2D eigenvalue weighted by Crippen LogP contribution is -2.55. The van der Waals surface area contributed by atoms with Crippen LogP contribution in [0.25, 0.3) is 0 Å². The fourth-order valence-corrected chi connectivity index (χ4v) is 2.37. The fraction of sp³-hybridized carbons (Fsp3) is 0.500. The van der Waals surface area contributed by atoms with Gasteiger partial charge in [0, 0.05) is 6.07 Å². The van der Waals surface area contributed by atoms with Crippen molar-refractivity contribution >= 4 is 34.8 Å². The van der Waals surface area contributed by atoms with Gasteiger partial charge in [0.15, 0.2) is 0 Å². The zero-order chi connectivity index (χ0) is 15.2. The van der Waals surface area contributed by atoms with Gasteiger partial charge in [-0.1, -0.05) is 34.8 Å². The van der Waals surface area contributed by atoms with Crippen molar-refractivity contribution in [3.63, 3.8) is 0 Å². The molecule has 0 amide bonds. The molecule has 0 aliphatic heterocycles. The minimum absolute atomic E-state index is 0.165. The van der Waals surface area contributed by atoms with E-state index < -0.39 is 0 Å². The molecule has 0 aliphatic carbocycles. The molecule has 0 radical (unpaired) electrons. The van der Waals surface area contributed by atoms with Crippen LogP contribution in [0.15, 0.2) is 12.1 Å². The molecule has 20 heavy (non-hydrogen) atoms. The van der Waals surface area contributed by atoms with Gasteiger partial charge in [0.2, 0.25) is 5.75 Å². The molecule has 0 bridgehead atoms. The molecule has 0 aromatic heterocycles. The molecule has 8 heteroatoms. The lowest BCUT2D eigenvalue weighted by atomic mass is 10.3. The Morgan fingerprint density at radius 1 is 0.800 bits per heavy atom. The fourth-order valence-electron chi connectivity index (χ4n) is 1.80. The van der Waals surface area contributed by atoms with Crippen LogP contribution in [-0.2, 0) is 0 Å². The van der Waals surface area contributed by atoms with Crippen molar-refractivity contribution in [3.05, 3.63) is 27.2 Å². The number of hydrogen-bond donors (Lipinski definition) is 3. The summed E-state index contributed by atoms with van der Waals surface area (Å²) in [5.74, 6) is 0.274. The molecule has 0 spiro atoms. The smallest absolute Gasteiger partial charge is 0.210 e. The first-order valence-electron chi connectivity index (χ1n) is 6.01. The van der Waals surface area contributed by atoms with Crippen LogP contribution >= 0.6 is 34.8 Å². The van der Waals surface area contributed by atoms with Crippen molar-refractivity contribution < 1.29 is 24.8 Å². The van der Waals surface area contributed by atoms with Crippen LogP contribution < -0.4 is 4.84 Å². The van der Waals surface area contributed by atoms with Gasteiger partial charge in [-0.3, -0.25) is 0 Å². The van der Waals surface area contributed by atoms with E-state index in [2.05, 4.69) is 0 Å². The van der Waals surface area contributed by atoms with Crippen LogP contribution in [0.1, 0.15) is 0 Å². The minimum atomic E-state index is -0.168. The summed E-state index contributed by atoms with van der Waals surface area (Å²) in [7, 11) is 0. The number of hydroxylamine groups is 3. The van der Waals surface area contributed by atoms with Crippen LogP contribution in [0.5, 0.6) is 5.75 Å². The van der Waals surface area contributed by atoms with E-state index in [1.54, 1.807) is 0 Å². The van der Waals surface area contributed by atoms with Crippen molar-refractivity contribution in [2.45, 2.75) is 0 Å². The summed E-state index contributed by atoms with van der Waals surface area (Å²) in [4.78, 5) is 5.77. The molecule has 0 aliphatic rings. The first-order valence-corrected chi connectivity index (χ1v) is 7.14. The third kappa shape index (κ3) is 4.63. The van der Waals surface area contributed by atoms with Crippen LogP contribution in [0.3, 0.4) is 0 Å². The van der Waals surface area contributed by atoms with Crippen LogP contribution in [0, 0.1) is 0 Å². The van der Waals surface area contributed by atoms with Gasteiger partial charge >= 0.3 is 0 Å². The number of benzene rings is 1. The summed E-state index contributed by atoms with van der Waals surface area (Å²) < 4.78 is -0.165. The Balaban J connectivity index is 3.07. The van der Waals surface area contributed by atoms with Crippen LogP contribution in [0.4, 0.5) is 0 Å². The SMILES string of the molecule is OCC[N+](CCO)(CCO)Oc1cc(Cl)c(Cl)cc1Cl.